The Balaban J connectivity index is 2.37. The highest BCUT2D eigenvalue weighted by molar-refractivity contribution is 9.10. The average Bonchev–Trinajstić information content (AvgIpc) is 2.78. The lowest BCUT2D eigenvalue weighted by atomic mass is 10.0. The predicted octanol–water partition coefficient (Wildman–Crippen LogP) is 3.37. The smallest absolute Gasteiger partial charge is 0.0718 e. The van der Waals surface area contributed by atoms with Gasteiger partial charge >= 0.3 is 0 Å². The number of halogens is 1. The number of aryl methyl sites for hydroxylation is 1. The molecule has 1 heterocycles. The number of benzene rings is 1. The van der Waals surface area contributed by atoms with Crippen molar-refractivity contribution in [3.63, 3.8) is 0 Å². The van der Waals surface area contributed by atoms with Gasteiger partial charge in [0.2, 0.25) is 0 Å². The second-order valence-corrected chi connectivity index (χ2v) is 5.30. The van der Waals surface area contributed by atoms with Crippen molar-refractivity contribution in [2.75, 3.05) is 0 Å². The summed E-state index contributed by atoms with van der Waals surface area (Å²) in [4.78, 5) is 0. The van der Waals surface area contributed by atoms with E-state index >= 15 is 0 Å². The molecule has 3 N–H and O–H groups in total. The lowest BCUT2D eigenvalue weighted by Crippen LogP contribution is -2.28. The summed E-state index contributed by atoms with van der Waals surface area (Å²) in [5, 5.41) is 4.17. The summed E-state index contributed by atoms with van der Waals surface area (Å²) in [6.07, 6.45) is 0. The first-order valence-electron chi connectivity index (χ1n) is 4.96. The molecule has 1 unspecified atom stereocenters. The zero-order chi connectivity index (χ0) is 11.5. The van der Waals surface area contributed by atoms with Gasteiger partial charge in [-0.2, -0.15) is 11.3 Å². The summed E-state index contributed by atoms with van der Waals surface area (Å²) >= 11 is 5.22. The van der Waals surface area contributed by atoms with Crippen molar-refractivity contribution >= 4 is 27.3 Å². The van der Waals surface area contributed by atoms with Crippen molar-refractivity contribution in [3.8, 4) is 0 Å². The molecule has 16 heavy (non-hydrogen) atoms. The van der Waals surface area contributed by atoms with Crippen LogP contribution in [0.1, 0.15) is 22.7 Å². The topological polar surface area (TPSA) is 38.0 Å². The van der Waals surface area contributed by atoms with Crippen molar-refractivity contribution in [1.82, 2.24) is 5.43 Å². The Labute approximate surface area is 108 Å². The van der Waals surface area contributed by atoms with Gasteiger partial charge in [-0.25, -0.2) is 5.43 Å². The third-order valence-electron chi connectivity index (χ3n) is 2.57. The Bertz CT molecular complexity index is 468. The van der Waals surface area contributed by atoms with Crippen molar-refractivity contribution in [2.24, 2.45) is 5.84 Å². The quantitative estimate of drug-likeness (QED) is 0.673. The van der Waals surface area contributed by atoms with Gasteiger partial charge < -0.3 is 0 Å². The number of hydrazine groups is 1. The number of rotatable bonds is 3. The average molecular weight is 297 g/mol. The van der Waals surface area contributed by atoms with Crippen molar-refractivity contribution < 1.29 is 0 Å². The van der Waals surface area contributed by atoms with Crippen LogP contribution in [0.3, 0.4) is 0 Å². The first kappa shape index (κ1) is 11.8. The van der Waals surface area contributed by atoms with Crippen LogP contribution in [0.2, 0.25) is 0 Å². The summed E-state index contributed by atoms with van der Waals surface area (Å²) < 4.78 is 1.11. The zero-order valence-corrected chi connectivity index (χ0v) is 11.3. The highest BCUT2D eigenvalue weighted by Gasteiger charge is 2.13. The molecule has 0 radical (unpaired) electrons. The number of hydrogen-bond donors (Lipinski definition) is 2. The summed E-state index contributed by atoms with van der Waals surface area (Å²) in [7, 11) is 0. The highest BCUT2D eigenvalue weighted by Crippen LogP contribution is 2.27. The molecule has 2 aromatic rings. The third-order valence-corrected chi connectivity index (χ3v) is 4.13. The standard InChI is InChI=1S/C12H13BrN2S/c1-8-2-3-9(6-11(8)13)12(15-14)10-4-5-16-7-10/h2-7,12,15H,14H2,1H3. The summed E-state index contributed by atoms with van der Waals surface area (Å²) in [5.74, 6) is 5.62. The first-order chi connectivity index (χ1) is 7.72. The van der Waals surface area contributed by atoms with E-state index in [1.807, 2.05) is 0 Å². The number of thiophene rings is 1. The van der Waals surface area contributed by atoms with Gasteiger partial charge in [0, 0.05) is 4.47 Å². The molecule has 2 rings (SSSR count). The second kappa shape index (κ2) is 5.10. The molecule has 0 fully saturated rings. The van der Waals surface area contributed by atoms with Gasteiger partial charge in [-0.15, -0.1) is 0 Å². The van der Waals surface area contributed by atoms with Crippen LogP contribution in [-0.2, 0) is 0 Å². The minimum Gasteiger partial charge on any atom is -0.271 e. The van der Waals surface area contributed by atoms with Gasteiger partial charge in [0.25, 0.3) is 0 Å². The monoisotopic (exact) mass is 296 g/mol. The van der Waals surface area contributed by atoms with Crippen molar-refractivity contribution in [3.05, 3.63) is 56.2 Å². The Morgan fingerprint density at radius 3 is 2.69 bits per heavy atom. The van der Waals surface area contributed by atoms with Crippen LogP contribution in [-0.4, -0.2) is 0 Å². The molecule has 0 saturated heterocycles. The fourth-order valence-corrected chi connectivity index (χ4v) is 2.70. The number of hydrogen-bond acceptors (Lipinski definition) is 3. The van der Waals surface area contributed by atoms with E-state index in [2.05, 4.69) is 63.3 Å². The second-order valence-electron chi connectivity index (χ2n) is 3.66. The molecular weight excluding hydrogens is 284 g/mol. The molecule has 0 aliphatic rings. The molecule has 1 aromatic heterocycles. The van der Waals surface area contributed by atoms with Gasteiger partial charge in [0.15, 0.2) is 0 Å². The molecule has 0 spiro atoms. The van der Waals surface area contributed by atoms with E-state index in [1.54, 1.807) is 11.3 Å². The maximum atomic E-state index is 5.62. The molecule has 1 aromatic carbocycles. The zero-order valence-electron chi connectivity index (χ0n) is 8.91. The van der Waals surface area contributed by atoms with E-state index in [4.69, 9.17) is 5.84 Å². The molecule has 0 bridgehead atoms. The Morgan fingerprint density at radius 1 is 1.31 bits per heavy atom. The lowest BCUT2D eigenvalue weighted by molar-refractivity contribution is 0.638. The summed E-state index contributed by atoms with van der Waals surface area (Å²) in [5.41, 5.74) is 6.44. The lowest BCUT2D eigenvalue weighted by Gasteiger charge is -2.16. The molecule has 0 saturated carbocycles. The van der Waals surface area contributed by atoms with Crippen LogP contribution < -0.4 is 11.3 Å². The molecule has 0 aliphatic heterocycles. The van der Waals surface area contributed by atoms with Gasteiger partial charge in [-0.05, 0) is 46.5 Å². The third kappa shape index (κ3) is 2.35. The minimum absolute atomic E-state index is 0.0585. The molecular formula is C12H13BrN2S. The molecule has 84 valence electrons. The maximum Gasteiger partial charge on any atom is 0.0718 e. The van der Waals surface area contributed by atoms with E-state index in [9.17, 15) is 0 Å². The van der Waals surface area contributed by atoms with Gasteiger partial charge in [0.05, 0.1) is 6.04 Å². The van der Waals surface area contributed by atoms with Crippen LogP contribution in [0.4, 0.5) is 0 Å². The molecule has 0 aliphatic carbocycles. The Hall–Kier alpha value is -0.680. The normalized spacial score (nSPS) is 12.7. The van der Waals surface area contributed by atoms with Gasteiger partial charge in [0.1, 0.15) is 0 Å². The maximum absolute atomic E-state index is 5.62. The van der Waals surface area contributed by atoms with E-state index in [0.717, 1.165) is 4.47 Å². The highest BCUT2D eigenvalue weighted by atomic mass is 79.9. The summed E-state index contributed by atoms with van der Waals surface area (Å²) in [6.45, 7) is 2.07. The summed E-state index contributed by atoms with van der Waals surface area (Å²) in [6, 6.07) is 8.45. The molecule has 4 heteroatoms. The molecule has 1 atom stereocenters. The first-order valence-corrected chi connectivity index (χ1v) is 6.70. The Kier molecular flexibility index (Phi) is 3.76. The van der Waals surface area contributed by atoms with E-state index < -0.39 is 0 Å². The SMILES string of the molecule is Cc1ccc(C(NN)c2ccsc2)cc1Br. The Morgan fingerprint density at radius 2 is 2.12 bits per heavy atom. The van der Waals surface area contributed by atoms with Crippen LogP contribution in [0.15, 0.2) is 39.5 Å². The molecule has 0 amide bonds. The van der Waals surface area contributed by atoms with E-state index in [0.29, 0.717) is 0 Å². The van der Waals surface area contributed by atoms with Crippen LogP contribution in [0.5, 0.6) is 0 Å². The van der Waals surface area contributed by atoms with Crippen LogP contribution in [0.25, 0.3) is 0 Å². The van der Waals surface area contributed by atoms with Crippen LogP contribution >= 0.6 is 27.3 Å². The number of nitrogens with two attached hydrogens (primary N) is 1. The van der Waals surface area contributed by atoms with Crippen molar-refractivity contribution in [2.45, 2.75) is 13.0 Å². The van der Waals surface area contributed by atoms with E-state index in [-0.39, 0.29) is 6.04 Å². The fourth-order valence-electron chi connectivity index (χ4n) is 1.61. The predicted molar refractivity (Wildman–Crippen MR) is 72.4 cm³/mol. The van der Waals surface area contributed by atoms with Crippen LogP contribution in [0, 0.1) is 6.92 Å². The fraction of sp³-hybridized carbons (Fsp3) is 0.167. The molecule has 2 nitrogen and oxygen atoms in total. The van der Waals surface area contributed by atoms with Gasteiger partial charge in [-0.1, -0.05) is 28.1 Å². The largest absolute Gasteiger partial charge is 0.271 e. The van der Waals surface area contributed by atoms with Gasteiger partial charge in [-0.3, -0.25) is 5.84 Å². The number of nitrogens with one attached hydrogen (secondary N) is 1. The minimum atomic E-state index is 0.0585. The van der Waals surface area contributed by atoms with Crippen molar-refractivity contribution in [1.29, 1.82) is 0 Å². The van der Waals surface area contributed by atoms with E-state index in [1.165, 1.54) is 16.7 Å².